The van der Waals surface area contributed by atoms with Gasteiger partial charge in [-0.2, -0.15) is 0 Å². The lowest BCUT2D eigenvalue weighted by atomic mass is 10.0. The lowest BCUT2D eigenvalue weighted by Crippen LogP contribution is -2.06. The first kappa shape index (κ1) is 27.6. The summed E-state index contributed by atoms with van der Waals surface area (Å²) in [5.41, 5.74) is 3.58. The first-order valence-electron chi connectivity index (χ1n) is 13.1. The Bertz CT molecular complexity index is 839. The molecule has 0 amide bonds. The summed E-state index contributed by atoms with van der Waals surface area (Å²) < 4.78 is 10.7. The number of carbonyl (C=O) groups is 2. The molecule has 4 heteroatoms. The van der Waals surface area contributed by atoms with Crippen molar-refractivity contribution in [2.75, 3.05) is 6.61 Å². The third kappa shape index (κ3) is 10.5. The lowest BCUT2D eigenvalue weighted by molar-refractivity contribution is -0.145. The Morgan fingerprint density at radius 1 is 0.706 bits per heavy atom. The molecular weight excluding hydrogens is 424 g/mol. The topological polar surface area (TPSA) is 52.6 Å². The fourth-order valence-electron chi connectivity index (χ4n) is 4.08. The second-order valence-corrected chi connectivity index (χ2v) is 9.12. The van der Waals surface area contributed by atoms with Crippen LogP contribution in [0.4, 0.5) is 0 Å². The summed E-state index contributed by atoms with van der Waals surface area (Å²) in [4.78, 5) is 23.4. The van der Waals surface area contributed by atoms with Gasteiger partial charge < -0.3 is 9.47 Å². The highest BCUT2D eigenvalue weighted by atomic mass is 16.5. The van der Waals surface area contributed by atoms with Crippen molar-refractivity contribution in [3.63, 3.8) is 0 Å². The van der Waals surface area contributed by atoms with Gasteiger partial charge in [0.2, 0.25) is 0 Å². The van der Waals surface area contributed by atoms with Gasteiger partial charge in [0.25, 0.3) is 0 Å². The van der Waals surface area contributed by atoms with E-state index in [1.54, 1.807) is 0 Å². The Labute approximate surface area is 206 Å². The second kappa shape index (κ2) is 16.1. The fraction of sp³-hybridized carbons (Fsp3) is 0.533. The normalized spacial score (nSPS) is 11.7. The predicted molar refractivity (Wildman–Crippen MR) is 139 cm³/mol. The molecule has 186 valence electrons. The fourth-order valence-corrected chi connectivity index (χ4v) is 4.08. The van der Waals surface area contributed by atoms with Crippen LogP contribution < -0.4 is 0 Å². The van der Waals surface area contributed by atoms with E-state index in [2.05, 4.69) is 6.92 Å². The first-order chi connectivity index (χ1) is 16.5. The van der Waals surface area contributed by atoms with E-state index in [0.29, 0.717) is 12.2 Å². The molecule has 0 saturated heterocycles. The van der Waals surface area contributed by atoms with Crippen LogP contribution in [0, 0.1) is 0 Å². The average Bonchev–Trinajstić information content (AvgIpc) is 2.84. The summed E-state index contributed by atoms with van der Waals surface area (Å²) >= 11 is 0. The summed E-state index contributed by atoms with van der Waals surface area (Å²) in [6, 6.07) is 15.4. The monoisotopic (exact) mass is 466 g/mol. The maximum Gasteiger partial charge on any atom is 0.338 e. The number of hydrogen-bond acceptors (Lipinski definition) is 4. The zero-order chi connectivity index (χ0) is 24.6. The van der Waals surface area contributed by atoms with Gasteiger partial charge in [-0.1, -0.05) is 108 Å². The molecule has 0 aliphatic heterocycles. The van der Waals surface area contributed by atoms with Crippen LogP contribution in [0.2, 0.25) is 0 Å². The molecule has 0 saturated carbocycles. The Morgan fingerprint density at radius 2 is 1.18 bits per heavy atom. The van der Waals surface area contributed by atoms with Crippen LogP contribution in [-0.2, 0) is 14.3 Å². The lowest BCUT2D eigenvalue weighted by Gasteiger charge is -2.12. The molecule has 0 spiro atoms. The number of esters is 2. The van der Waals surface area contributed by atoms with Gasteiger partial charge >= 0.3 is 11.9 Å². The number of rotatable bonds is 16. The Kier molecular flexibility index (Phi) is 13.1. The zero-order valence-electron chi connectivity index (χ0n) is 21.3. The van der Waals surface area contributed by atoms with Crippen LogP contribution in [0.3, 0.4) is 0 Å². The van der Waals surface area contributed by atoms with E-state index in [-0.39, 0.29) is 18.0 Å². The van der Waals surface area contributed by atoms with Gasteiger partial charge in [0.05, 0.1) is 12.2 Å². The van der Waals surface area contributed by atoms with E-state index in [0.717, 1.165) is 29.5 Å². The largest absolute Gasteiger partial charge is 0.462 e. The Hall–Kier alpha value is -2.62. The van der Waals surface area contributed by atoms with E-state index in [1.807, 2.05) is 55.5 Å². The van der Waals surface area contributed by atoms with Crippen molar-refractivity contribution in [1.29, 1.82) is 0 Å². The van der Waals surface area contributed by atoms with Crippen LogP contribution in [-0.4, -0.2) is 18.5 Å². The van der Waals surface area contributed by atoms with Crippen molar-refractivity contribution >= 4 is 11.9 Å². The summed E-state index contributed by atoms with van der Waals surface area (Å²) in [6.45, 7) is 6.01. The van der Waals surface area contributed by atoms with Crippen molar-refractivity contribution in [3.8, 4) is 11.1 Å². The molecular formula is C30H42O4. The molecule has 0 bridgehead atoms. The molecule has 1 unspecified atom stereocenters. The Morgan fingerprint density at radius 3 is 1.68 bits per heavy atom. The van der Waals surface area contributed by atoms with Gasteiger partial charge in [-0.3, -0.25) is 4.79 Å². The van der Waals surface area contributed by atoms with Crippen molar-refractivity contribution in [1.82, 2.24) is 0 Å². The van der Waals surface area contributed by atoms with Crippen LogP contribution in [0.25, 0.3) is 11.1 Å². The summed E-state index contributed by atoms with van der Waals surface area (Å²) in [6.07, 6.45) is 13.8. The molecule has 2 rings (SSSR count). The molecule has 0 heterocycles. The average molecular weight is 467 g/mol. The molecule has 1 atom stereocenters. The van der Waals surface area contributed by atoms with Crippen LogP contribution in [0.5, 0.6) is 0 Å². The molecule has 4 nitrogen and oxygen atoms in total. The zero-order valence-corrected chi connectivity index (χ0v) is 21.3. The van der Waals surface area contributed by atoms with Crippen molar-refractivity contribution in [3.05, 3.63) is 59.7 Å². The maximum atomic E-state index is 12.3. The third-order valence-corrected chi connectivity index (χ3v) is 6.16. The first-order valence-corrected chi connectivity index (χ1v) is 13.1. The van der Waals surface area contributed by atoms with Gasteiger partial charge in [0.1, 0.15) is 6.10 Å². The Balaban J connectivity index is 1.64. The van der Waals surface area contributed by atoms with E-state index in [9.17, 15) is 9.59 Å². The molecule has 0 aromatic heterocycles. The number of hydrogen-bond donors (Lipinski definition) is 0. The van der Waals surface area contributed by atoms with Crippen LogP contribution in [0.1, 0.15) is 113 Å². The standard InChI is InChI=1S/C30H42O4/c1-4-5-6-7-8-9-10-11-12-13-14-23-33-30(32)29-21-19-28(20-22-29)27-17-15-26(16-18-27)24(2)34-25(3)31/h15-22,24H,4-14,23H2,1-3H3. The van der Waals surface area contributed by atoms with E-state index >= 15 is 0 Å². The second-order valence-electron chi connectivity index (χ2n) is 9.12. The number of ether oxygens (including phenoxy) is 2. The van der Waals surface area contributed by atoms with Gasteiger partial charge in [0.15, 0.2) is 0 Å². The molecule has 34 heavy (non-hydrogen) atoms. The summed E-state index contributed by atoms with van der Waals surface area (Å²) in [5, 5.41) is 0. The van der Waals surface area contributed by atoms with Gasteiger partial charge in [0, 0.05) is 6.92 Å². The third-order valence-electron chi connectivity index (χ3n) is 6.16. The quantitative estimate of drug-likeness (QED) is 0.184. The van der Waals surface area contributed by atoms with Crippen molar-refractivity contribution in [2.45, 2.75) is 97.5 Å². The van der Waals surface area contributed by atoms with Gasteiger partial charge in [-0.15, -0.1) is 0 Å². The van der Waals surface area contributed by atoms with Crippen molar-refractivity contribution < 1.29 is 19.1 Å². The van der Waals surface area contributed by atoms with Crippen LogP contribution >= 0.6 is 0 Å². The van der Waals surface area contributed by atoms with Gasteiger partial charge in [-0.05, 0) is 42.2 Å². The molecule has 0 radical (unpaired) electrons. The molecule has 0 aliphatic rings. The van der Waals surface area contributed by atoms with E-state index in [4.69, 9.17) is 9.47 Å². The predicted octanol–water partition coefficient (Wildman–Crippen LogP) is 8.45. The van der Waals surface area contributed by atoms with Gasteiger partial charge in [-0.25, -0.2) is 4.79 Å². The smallest absolute Gasteiger partial charge is 0.338 e. The van der Waals surface area contributed by atoms with Crippen LogP contribution in [0.15, 0.2) is 48.5 Å². The highest BCUT2D eigenvalue weighted by molar-refractivity contribution is 5.90. The highest BCUT2D eigenvalue weighted by Crippen LogP contribution is 2.24. The number of benzene rings is 2. The number of unbranched alkanes of at least 4 members (excludes halogenated alkanes) is 10. The van der Waals surface area contributed by atoms with E-state index in [1.165, 1.54) is 64.7 Å². The van der Waals surface area contributed by atoms with E-state index < -0.39 is 0 Å². The molecule has 2 aromatic rings. The minimum Gasteiger partial charge on any atom is -0.462 e. The number of carbonyl (C=O) groups excluding carboxylic acids is 2. The molecule has 2 aromatic carbocycles. The minimum absolute atomic E-state index is 0.260. The minimum atomic E-state index is -0.289. The SMILES string of the molecule is CCCCCCCCCCCCCOC(=O)c1ccc(-c2ccc(C(C)OC(C)=O)cc2)cc1. The summed E-state index contributed by atoms with van der Waals surface area (Å²) in [7, 11) is 0. The molecule has 0 aliphatic carbocycles. The van der Waals surface area contributed by atoms with Crippen molar-refractivity contribution in [2.24, 2.45) is 0 Å². The highest BCUT2D eigenvalue weighted by Gasteiger charge is 2.10. The molecule has 0 fully saturated rings. The summed E-state index contributed by atoms with van der Waals surface area (Å²) in [5.74, 6) is -0.549. The molecule has 0 N–H and O–H groups in total. The maximum absolute atomic E-state index is 12.3.